The first-order chi connectivity index (χ1) is 10.1. The number of anilines is 1. The standard InChI is InChI=1S/C14H12BrNO4S/c15-10-6-5-8(20-10)12(17)16-13-11(14(18)19)7-3-1-2-4-9(7)21-13/h5-6H,1-4H2,(H,16,17)(H,18,19). The maximum Gasteiger partial charge on any atom is 0.339 e. The zero-order valence-corrected chi connectivity index (χ0v) is 13.3. The monoisotopic (exact) mass is 369 g/mol. The minimum absolute atomic E-state index is 0.143. The van der Waals surface area contributed by atoms with Gasteiger partial charge in [-0.1, -0.05) is 0 Å². The van der Waals surface area contributed by atoms with Crippen LogP contribution in [0, 0.1) is 0 Å². The average molecular weight is 370 g/mol. The molecule has 2 heterocycles. The van der Waals surface area contributed by atoms with Crippen molar-refractivity contribution in [3.63, 3.8) is 0 Å². The van der Waals surface area contributed by atoms with Gasteiger partial charge in [-0.2, -0.15) is 0 Å². The third-order valence-electron chi connectivity index (χ3n) is 3.41. The van der Waals surface area contributed by atoms with E-state index in [-0.39, 0.29) is 11.3 Å². The number of carbonyl (C=O) groups is 2. The zero-order chi connectivity index (χ0) is 15.0. The number of thiophene rings is 1. The minimum Gasteiger partial charge on any atom is -0.478 e. The number of rotatable bonds is 3. The van der Waals surface area contributed by atoms with Gasteiger partial charge in [0.25, 0.3) is 5.91 Å². The van der Waals surface area contributed by atoms with Gasteiger partial charge in [-0.3, -0.25) is 4.79 Å². The molecule has 0 bridgehead atoms. The molecule has 3 rings (SSSR count). The Labute approximate surface area is 133 Å². The minimum atomic E-state index is -0.995. The number of fused-ring (bicyclic) bond motifs is 1. The third-order valence-corrected chi connectivity index (χ3v) is 5.04. The zero-order valence-electron chi connectivity index (χ0n) is 10.9. The number of aryl methyl sites for hydroxylation is 1. The highest BCUT2D eigenvalue weighted by molar-refractivity contribution is 9.10. The molecular weight excluding hydrogens is 358 g/mol. The molecule has 0 spiro atoms. The predicted molar refractivity (Wildman–Crippen MR) is 82.3 cm³/mol. The van der Waals surface area contributed by atoms with E-state index in [0.29, 0.717) is 9.67 Å². The van der Waals surface area contributed by atoms with Crippen LogP contribution in [0.25, 0.3) is 0 Å². The molecule has 1 aliphatic rings. The van der Waals surface area contributed by atoms with Crippen LogP contribution < -0.4 is 5.32 Å². The molecule has 0 saturated carbocycles. The molecule has 0 saturated heterocycles. The van der Waals surface area contributed by atoms with E-state index in [1.807, 2.05) is 0 Å². The Morgan fingerprint density at radius 1 is 1.29 bits per heavy atom. The SMILES string of the molecule is O=C(Nc1sc2c(c1C(=O)O)CCCC2)c1ccc(Br)o1. The summed E-state index contributed by atoms with van der Waals surface area (Å²) in [5.74, 6) is -1.29. The van der Waals surface area contributed by atoms with Crippen LogP contribution in [-0.4, -0.2) is 17.0 Å². The lowest BCUT2D eigenvalue weighted by Crippen LogP contribution is -2.13. The van der Waals surface area contributed by atoms with Gasteiger partial charge in [0.2, 0.25) is 0 Å². The summed E-state index contributed by atoms with van der Waals surface area (Å²) in [6.45, 7) is 0. The number of carboxylic acids is 1. The number of nitrogens with one attached hydrogen (secondary N) is 1. The van der Waals surface area contributed by atoms with Crippen LogP contribution >= 0.6 is 27.3 Å². The maximum absolute atomic E-state index is 12.1. The van der Waals surface area contributed by atoms with E-state index < -0.39 is 11.9 Å². The first-order valence-corrected chi connectivity index (χ1v) is 8.11. The smallest absolute Gasteiger partial charge is 0.339 e. The van der Waals surface area contributed by atoms with Crippen molar-refractivity contribution >= 4 is 44.1 Å². The molecule has 2 aromatic heterocycles. The van der Waals surface area contributed by atoms with E-state index in [4.69, 9.17) is 4.42 Å². The molecule has 2 aromatic rings. The van der Waals surface area contributed by atoms with Gasteiger partial charge in [-0.15, -0.1) is 11.3 Å². The third kappa shape index (κ3) is 2.75. The topological polar surface area (TPSA) is 79.5 Å². The van der Waals surface area contributed by atoms with Crippen LogP contribution in [0.3, 0.4) is 0 Å². The maximum atomic E-state index is 12.1. The molecule has 2 N–H and O–H groups in total. The van der Waals surface area contributed by atoms with Gasteiger partial charge in [-0.25, -0.2) is 4.79 Å². The van der Waals surface area contributed by atoms with Crippen LogP contribution in [0.2, 0.25) is 0 Å². The van der Waals surface area contributed by atoms with Gasteiger partial charge in [0.15, 0.2) is 10.4 Å². The summed E-state index contributed by atoms with van der Waals surface area (Å²) >= 11 is 4.49. The highest BCUT2D eigenvalue weighted by Crippen LogP contribution is 2.38. The lowest BCUT2D eigenvalue weighted by atomic mass is 9.95. The normalized spacial score (nSPS) is 13.8. The summed E-state index contributed by atoms with van der Waals surface area (Å²) in [7, 11) is 0. The molecule has 0 radical (unpaired) electrons. The van der Waals surface area contributed by atoms with E-state index in [9.17, 15) is 14.7 Å². The largest absolute Gasteiger partial charge is 0.478 e. The first-order valence-electron chi connectivity index (χ1n) is 6.51. The molecule has 0 atom stereocenters. The Balaban J connectivity index is 1.93. The molecule has 0 fully saturated rings. The Hall–Kier alpha value is -1.60. The number of carbonyl (C=O) groups excluding carboxylic acids is 1. The summed E-state index contributed by atoms with van der Waals surface area (Å²) < 4.78 is 5.64. The van der Waals surface area contributed by atoms with Crippen molar-refractivity contribution in [3.05, 3.63) is 38.6 Å². The average Bonchev–Trinajstić information content (AvgIpc) is 3.01. The lowest BCUT2D eigenvalue weighted by Gasteiger charge is -2.10. The fourth-order valence-electron chi connectivity index (χ4n) is 2.48. The van der Waals surface area contributed by atoms with Gasteiger partial charge >= 0.3 is 5.97 Å². The van der Waals surface area contributed by atoms with E-state index in [1.165, 1.54) is 17.4 Å². The van der Waals surface area contributed by atoms with Crippen molar-refractivity contribution < 1.29 is 19.1 Å². The van der Waals surface area contributed by atoms with Crippen molar-refractivity contribution in [2.45, 2.75) is 25.7 Å². The van der Waals surface area contributed by atoms with Crippen molar-refractivity contribution in [1.82, 2.24) is 0 Å². The van der Waals surface area contributed by atoms with Crippen LogP contribution in [0.5, 0.6) is 0 Å². The summed E-state index contributed by atoms with van der Waals surface area (Å²) in [6, 6.07) is 3.15. The van der Waals surface area contributed by atoms with E-state index in [1.54, 1.807) is 6.07 Å². The van der Waals surface area contributed by atoms with Crippen LogP contribution in [0.15, 0.2) is 21.2 Å². The van der Waals surface area contributed by atoms with E-state index in [2.05, 4.69) is 21.2 Å². The van der Waals surface area contributed by atoms with Crippen molar-refractivity contribution in [2.75, 3.05) is 5.32 Å². The van der Waals surface area contributed by atoms with Crippen molar-refractivity contribution in [1.29, 1.82) is 0 Å². The Bertz CT molecular complexity index is 719. The second-order valence-electron chi connectivity index (χ2n) is 4.78. The van der Waals surface area contributed by atoms with Gasteiger partial charge in [0.1, 0.15) is 5.00 Å². The molecule has 0 unspecified atom stereocenters. The fraction of sp³-hybridized carbons (Fsp3) is 0.286. The molecular formula is C14H12BrNO4S. The van der Waals surface area contributed by atoms with Crippen LogP contribution in [-0.2, 0) is 12.8 Å². The molecule has 0 aliphatic heterocycles. The van der Waals surface area contributed by atoms with Gasteiger partial charge < -0.3 is 14.8 Å². The summed E-state index contributed by atoms with van der Waals surface area (Å²) in [6.07, 6.45) is 3.69. The number of aromatic carboxylic acids is 1. The summed E-state index contributed by atoms with van der Waals surface area (Å²) in [4.78, 5) is 24.7. The lowest BCUT2D eigenvalue weighted by molar-refractivity contribution is 0.0697. The van der Waals surface area contributed by atoms with Gasteiger partial charge in [0, 0.05) is 4.88 Å². The molecule has 7 heteroatoms. The number of hydrogen-bond donors (Lipinski definition) is 2. The quantitative estimate of drug-likeness (QED) is 0.858. The second kappa shape index (κ2) is 5.65. The number of halogens is 1. The fourth-order valence-corrected chi connectivity index (χ4v) is 4.06. The Kier molecular flexibility index (Phi) is 3.86. The molecule has 5 nitrogen and oxygen atoms in total. The molecule has 0 aromatic carbocycles. The van der Waals surface area contributed by atoms with Crippen LogP contribution in [0.1, 0.15) is 44.2 Å². The van der Waals surface area contributed by atoms with E-state index >= 15 is 0 Å². The van der Waals surface area contributed by atoms with Crippen LogP contribution in [0.4, 0.5) is 5.00 Å². The number of carboxylic acid groups (broad SMARTS) is 1. The van der Waals surface area contributed by atoms with Crippen molar-refractivity contribution in [2.24, 2.45) is 0 Å². The van der Waals surface area contributed by atoms with E-state index in [0.717, 1.165) is 36.1 Å². The molecule has 21 heavy (non-hydrogen) atoms. The molecule has 110 valence electrons. The second-order valence-corrected chi connectivity index (χ2v) is 6.66. The Morgan fingerprint density at radius 2 is 2.05 bits per heavy atom. The molecule has 1 aliphatic carbocycles. The summed E-state index contributed by atoms with van der Waals surface area (Å²) in [5, 5.41) is 12.5. The number of hydrogen-bond acceptors (Lipinski definition) is 4. The van der Waals surface area contributed by atoms with Gasteiger partial charge in [0.05, 0.1) is 5.56 Å². The number of furan rings is 1. The Morgan fingerprint density at radius 3 is 2.71 bits per heavy atom. The molecule has 1 amide bonds. The van der Waals surface area contributed by atoms with Gasteiger partial charge in [-0.05, 0) is 59.3 Å². The van der Waals surface area contributed by atoms with Crippen molar-refractivity contribution in [3.8, 4) is 0 Å². The summed E-state index contributed by atoms with van der Waals surface area (Å²) in [5.41, 5.74) is 1.10. The number of amides is 1. The first kappa shape index (κ1) is 14.3. The predicted octanol–water partition coefficient (Wildman–Crippen LogP) is 3.93. The highest BCUT2D eigenvalue weighted by atomic mass is 79.9. The highest BCUT2D eigenvalue weighted by Gasteiger charge is 2.26.